The van der Waals surface area contributed by atoms with E-state index in [0.29, 0.717) is 0 Å². The minimum absolute atomic E-state index is 0.849. The topological polar surface area (TPSA) is 752 Å². The maximum atomic E-state index is 12.4. The maximum absolute atomic E-state index is 12.4. The van der Waals surface area contributed by atoms with E-state index < -0.39 is 342 Å². The Morgan fingerprint density at radius 1 is 0.252 bits per heavy atom. The molecule has 0 spiro atoms. The molecule has 103 heavy (non-hydrogen) atoms. The summed E-state index contributed by atoms with van der Waals surface area (Å²) in [5.41, 5.74) is 0. The average molecular weight is 1520 g/mol. The van der Waals surface area contributed by atoms with Crippen LogP contribution in [-0.4, -0.2) is 485 Å². The van der Waals surface area contributed by atoms with Gasteiger partial charge in [0.15, 0.2) is 56.6 Å². The van der Waals surface area contributed by atoms with E-state index in [0.717, 1.165) is 6.92 Å². The number of amides is 1. The Hall–Kier alpha value is -2.33. The summed E-state index contributed by atoms with van der Waals surface area (Å²) in [7, 11) is 0. The van der Waals surface area contributed by atoms with Crippen LogP contribution < -0.4 is 5.32 Å². The monoisotopic (exact) mass is 1520 g/mol. The molecule has 45 atom stereocenters. The summed E-state index contributed by atoms with van der Waals surface area (Å²) in [5.74, 6) is -0.849. The Labute approximate surface area is 581 Å². The lowest BCUT2D eigenvalue weighted by atomic mass is 9.95. The van der Waals surface area contributed by atoms with Gasteiger partial charge in [-0.05, 0) is 0 Å². The van der Waals surface area contributed by atoms with Crippen LogP contribution >= 0.6 is 0 Å². The summed E-state index contributed by atoms with van der Waals surface area (Å²) in [6.45, 7) is -8.82. The van der Waals surface area contributed by atoms with Crippen molar-refractivity contribution in [2.24, 2.45) is 0 Å². The van der Waals surface area contributed by atoms with Crippen molar-refractivity contribution < 1.29 is 228 Å². The zero-order valence-corrected chi connectivity index (χ0v) is 54.2. The highest BCUT2D eigenvalue weighted by atomic mass is 16.8. The molecular formula is C56H95NO46. The molecular weight excluding hydrogens is 1420 g/mol. The van der Waals surface area contributed by atoms with E-state index in [1.165, 1.54) is 0 Å². The van der Waals surface area contributed by atoms with Gasteiger partial charge in [-0.15, -0.1) is 0 Å². The van der Waals surface area contributed by atoms with E-state index in [1.54, 1.807) is 0 Å². The summed E-state index contributed by atoms with van der Waals surface area (Å²) >= 11 is 0. The number of aliphatic hydroxyl groups is 28. The molecule has 9 rings (SSSR count). The molecule has 0 bridgehead atoms. The van der Waals surface area contributed by atoms with Crippen LogP contribution in [-0.2, 0) is 85.3 Å². The molecule has 0 radical (unpaired) electrons. The van der Waals surface area contributed by atoms with Crippen molar-refractivity contribution in [3.05, 3.63) is 0 Å². The van der Waals surface area contributed by atoms with Gasteiger partial charge < -0.3 is 229 Å². The third-order valence-corrected chi connectivity index (χ3v) is 19.1. The van der Waals surface area contributed by atoms with E-state index in [9.17, 15) is 148 Å². The number of nitrogens with one attached hydrogen (secondary N) is 1. The SMILES string of the molecule is CC(=O)N[C@H]1[C@H](O)[C@@H](O[C@@H]2O[C@H](CO[C@@H]3O[C@@H](CO[C@H]4O[C@H](CO)[C@@H](O)[C@H](O)[C@@H]4O[C@H]4O[C@H](CO)[C@@H](O)[C@H](O)[C@@H]4O)[C@H](O)[C@@H](O[C@@H]4O[C@@H](CO)[C@H](O)[C@@H](O)[C@H]4O[C@@H]4O[C@@H](CO)[C@H](O)[C@@H](O)[C@H]4O)[C@H]3O)[C@@H](O)[C@H](O[C@@H]3O[C@@H](CO)[C@H](O)[C@@H](O)[C@H]3O[C@@H]3O[C@@H](CO)[C@H](O)[C@@H](O)[C@H]3O)[C@@H]2O)[C@H](CO)O[C@@H]1O. The van der Waals surface area contributed by atoms with E-state index in [4.69, 9.17) is 80.5 Å². The molecule has 1 amide bonds. The van der Waals surface area contributed by atoms with Gasteiger partial charge in [0, 0.05) is 6.92 Å². The lowest BCUT2D eigenvalue weighted by Gasteiger charge is -2.50. The third-order valence-electron chi connectivity index (χ3n) is 19.1. The van der Waals surface area contributed by atoms with Gasteiger partial charge in [0.05, 0.1) is 59.5 Å². The minimum atomic E-state index is -2.51. The van der Waals surface area contributed by atoms with Gasteiger partial charge in [0.25, 0.3) is 0 Å². The van der Waals surface area contributed by atoms with Crippen LogP contribution in [0.4, 0.5) is 0 Å². The number of carbonyl (C=O) groups is 1. The van der Waals surface area contributed by atoms with Crippen LogP contribution in [0.2, 0.25) is 0 Å². The second-order valence-corrected chi connectivity index (χ2v) is 26.0. The molecule has 47 heteroatoms. The fourth-order valence-electron chi connectivity index (χ4n) is 13.1. The van der Waals surface area contributed by atoms with E-state index >= 15 is 0 Å². The smallest absolute Gasteiger partial charge is 0.217 e. The summed E-state index contributed by atoms with van der Waals surface area (Å²) in [5, 5.41) is 308. The van der Waals surface area contributed by atoms with Crippen LogP contribution in [0.25, 0.3) is 0 Å². The second kappa shape index (κ2) is 36.7. The number of rotatable bonds is 26. The Morgan fingerprint density at radius 3 is 0.864 bits per heavy atom. The predicted octanol–water partition coefficient (Wildman–Crippen LogP) is -20.5. The molecule has 9 heterocycles. The Balaban J connectivity index is 1.06. The number of hydrogen-bond acceptors (Lipinski definition) is 46. The zero-order valence-electron chi connectivity index (χ0n) is 54.2. The lowest BCUT2D eigenvalue weighted by Crippen LogP contribution is -2.69. The number of aliphatic hydroxyl groups excluding tert-OH is 28. The molecule has 0 saturated carbocycles. The summed E-state index contributed by atoms with van der Waals surface area (Å²) in [6, 6.07) is -1.76. The first kappa shape index (κ1) is 84.7. The second-order valence-electron chi connectivity index (χ2n) is 26.0. The molecule has 0 aromatic rings. The first-order chi connectivity index (χ1) is 48.8. The van der Waals surface area contributed by atoms with E-state index in [2.05, 4.69) is 5.32 Å². The molecule has 9 aliphatic rings. The fourth-order valence-corrected chi connectivity index (χ4v) is 13.1. The molecule has 600 valence electrons. The van der Waals surface area contributed by atoms with Crippen molar-refractivity contribution in [1.29, 1.82) is 0 Å². The number of carbonyl (C=O) groups excluding carboxylic acids is 1. The van der Waals surface area contributed by atoms with Crippen LogP contribution in [0.5, 0.6) is 0 Å². The Morgan fingerprint density at radius 2 is 0.515 bits per heavy atom. The fraction of sp³-hybridized carbons (Fsp3) is 0.982. The van der Waals surface area contributed by atoms with Crippen molar-refractivity contribution in [2.45, 2.75) is 283 Å². The summed E-state index contributed by atoms with van der Waals surface area (Å²) in [6.07, 6.45) is -93.5. The highest BCUT2D eigenvalue weighted by Gasteiger charge is 2.60. The Bertz CT molecular complexity index is 2580. The van der Waals surface area contributed by atoms with Crippen molar-refractivity contribution in [2.75, 3.05) is 59.5 Å². The van der Waals surface area contributed by atoms with Gasteiger partial charge in [-0.3, -0.25) is 4.79 Å². The van der Waals surface area contributed by atoms with Crippen LogP contribution in [0.3, 0.4) is 0 Å². The van der Waals surface area contributed by atoms with Gasteiger partial charge in [-0.2, -0.15) is 0 Å². The lowest BCUT2D eigenvalue weighted by molar-refractivity contribution is -0.400. The van der Waals surface area contributed by atoms with Crippen LogP contribution in [0.1, 0.15) is 6.92 Å². The van der Waals surface area contributed by atoms with Gasteiger partial charge in [0.2, 0.25) is 5.91 Å². The first-order valence-corrected chi connectivity index (χ1v) is 32.7. The van der Waals surface area contributed by atoms with Crippen molar-refractivity contribution >= 4 is 5.91 Å². The highest BCUT2D eigenvalue weighted by Crippen LogP contribution is 2.39. The quantitative estimate of drug-likeness (QED) is 0.0382. The molecule has 0 aliphatic carbocycles. The van der Waals surface area contributed by atoms with E-state index in [-0.39, 0.29) is 0 Å². The van der Waals surface area contributed by atoms with Crippen LogP contribution in [0.15, 0.2) is 0 Å². The molecule has 0 aromatic carbocycles. The highest BCUT2D eigenvalue weighted by molar-refractivity contribution is 5.73. The third kappa shape index (κ3) is 18.0. The zero-order chi connectivity index (χ0) is 75.6. The van der Waals surface area contributed by atoms with Crippen molar-refractivity contribution in [1.82, 2.24) is 5.32 Å². The molecule has 9 aliphatic heterocycles. The molecule has 29 N–H and O–H groups in total. The maximum Gasteiger partial charge on any atom is 0.217 e. The normalized spacial score (nSPS) is 52.4. The summed E-state index contributed by atoms with van der Waals surface area (Å²) < 4.78 is 98.4. The molecule has 9 saturated heterocycles. The summed E-state index contributed by atoms with van der Waals surface area (Å²) in [4.78, 5) is 12.3. The molecule has 0 aromatic heterocycles. The number of hydrogen-bond donors (Lipinski definition) is 29. The molecule has 0 unspecified atom stereocenters. The van der Waals surface area contributed by atoms with Gasteiger partial charge in [0.1, 0.15) is 220 Å². The van der Waals surface area contributed by atoms with Crippen molar-refractivity contribution in [3.8, 4) is 0 Å². The minimum Gasteiger partial charge on any atom is -0.394 e. The van der Waals surface area contributed by atoms with Gasteiger partial charge >= 0.3 is 0 Å². The first-order valence-electron chi connectivity index (χ1n) is 32.7. The largest absolute Gasteiger partial charge is 0.394 e. The van der Waals surface area contributed by atoms with Crippen molar-refractivity contribution in [3.63, 3.8) is 0 Å². The molecule has 47 nitrogen and oxygen atoms in total. The predicted molar refractivity (Wildman–Crippen MR) is 309 cm³/mol. The van der Waals surface area contributed by atoms with Gasteiger partial charge in [-0.1, -0.05) is 0 Å². The van der Waals surface area contributed by atoms with Gasteiger partial charge in [-0.25, -0.2) is 0 Å². The standard InChI is InChI=1S/C56H95NO46/c1-11(65)57-21-30(74)42(18(8-64)89-48(21)86)98-53-41(85)44(100-56-47(36(80)27(71)17(7-63)95-56)103-52-39(83)33(77)24(68)14(4-60)92-52)29(73)20(97-53)9-87-49-40(84)43(99-55-46(35(79)26(70)16(6-62)94-55)102-51-38(82)32(76)23(67)13(3-59)91-51)28(72)19(96-49)10-88-54-45(34(78)25(69)15(5-61)93-54)101-50-37(81)31(75)22(66)12(2-58)90-50/h12-56,58-64,66-86H,2-10H2,1H3,(H,57,65)/t12-,13+,14+,15-,16+,17+,18+,19+,20-,21+,22-,23+,24+,25-,26+,27+,28+,29-,30+,31+,32-,33-,34+,35-,36-,37+,38-,39-,40-,41+,42+,43-,44+,45+,46-,47-,48+,49-,50-,51+,52+,53+,54+,55+,56+/m1/s1. The van der Waals surface area contributed by atoms with E-state index in [1.807, 2.05) is 0 Å². The van der Waals surface area contributed by atoms with Crippen LogP contribution in [0, 0.1) is 0 Å². The average Bonchev–Trinajstić information content (AvgIpc) is 0.776. The molecule has 9 fully saturated rings. The number of ether oxygens (including phenoxy) is 17. The Kier molecular flexibility index (Phi) is 30.2.